The number of amides is 3. The molecule has 5 aromatic rings. The predicted octanol–water partition coefficient (Wildman–Crippen LogP) is 15.2. The molecule has 6 aliphatic rings. The van der Waals surface area contributed by atoms with E-state index in [0.29, 0.717) is 24.3 Å². The van der Waals surface area contributed by atoms with E-state index in [-0.39, 0.29) is 58.0 Å². The lowest BCUT2D eigenvalue weighted by molar-refractivity contribution is -0.384. The summed E-state index contributed by atoms with van der Waals surface area (Å²) in [5.41, 5.74) is 8.91. The van der Waals surface area contributed by atoms with Crippen LogP contribution in [-0.2, 0) is 43.0 Å². The van der Waals surface area contributed by atoms with Gasteiger partial charge in [0.25, 0.3) is 5.69 Å². The topological polar surface area (TPSA) is 205 Å². The number of non-ortho nitro benzene ring substituents is 1. The van der Waals surface area contributed by atoms with Gasteiger partial charge in [0.05, 0.1) is 26.3 Å². The number of ether oxygens (including phenoxy) is 3. The molecular weight excluding hydrogens is 1280 g/mol. The van der Waals surface area contributed by atoms with Crippen molar-refractivity contribution in [3.8, 4) is 0 Å². The second kappa shape index (κ2) is 39.9. The van der Waals surface area contributed by atoms with Crippen LogP contribution >= 0.6 is 0 Å². The van der Waals surface area contributed by atoms with E-state index in [4.69, 9.17) is 9.47 Å². The minimum atomic E-state index is -0.416. The van der Waals surface area contributed by atoms with E-state index in [1.165, 1.54) is 70.2 Å². The first-order valence-electron chi connectivity index (χ1n) is 37.3. The second-order valence-corrected chi connectivity index (χ2v) is 28.4. The molecule has 0 aromatic heterocycles. The van der Waals surface area contributed by atoms with E-state index in [1.54, 1.807) is 30.4 Å². The lowest BCUT2D eigenvalue weighted by Gasteiger charge is -2.37. The van der Waals surface area contributed by atoms with Gasteiger partial charge < -0.3 is 48.9 Å². The van der Waals surface area contributed by atoms with Gasteiger partial charge >= 0.3 is 17.9 Å². The fourth-order valence-electron chi connectivity index (χ4n) is 15.1. The molecular formula is C83H108N8O11. The number of methoxy groups -OCH3 is 3. The molecule has 19 nitrogen and oxygen atoms in total. The van der Waals surface area contributed by atoms with Gasteiger partial charge in [0.2, 0.25) is 17.7 Å². The molecule has 3 heterocycles. The van der Waals surface area contributed by atoms with Crippen LogP contribution in [0.5, 0.6) is 0 Å². The molecule has 0 atom stereocenters. The van der Waals surface area contributed by atoms with Crippen LogP contribution in [0.2, 0.25) is 0 Å². The highest BCUT2D eigenvalue weighted by atomic mass is 16.6. The summed E-state index contributed by atoms with van der Waals surface area (Å²) < 4.78 is 14.1. The standard InChI is InChI=1S/C31H41N3O3.C29H35N3O5.C23H32N2O3/c1-32(2)27-13-15-28(16-14-27)33-20-18-25(19-21-33)23-34(31(36)26-9-5-4-6-10-26)29-11-7-8-24(22-29)12-17-30(35)37-3;1-37-28(33)15-10-22-6-5-9-27(20-22)31(29(34)24-7-3-2-4-8-24)21-23-16-18-30(19-17-23)25-11-13-26(14-12-25)32(35)36;1-28-22(26)11-10-18-6-5-9-21(16-18)25(17-19-12-14-24-15-13-19)23(27)20-7-3-2-4-8-20/h7-8,11-17,22,25-26H,4-6,9-10,18-21,23H2,1-3H3;5-6,9-15,20,23-24H,2-4,7-8,16-19,21H2,1H3;5-6,9-11,16,19-20,24H,2-4,7-8,12-15,17H2,1H3/b17-12+;15-10+;11-10+. The quantitative estimate of drug-likeness (QED) is 0.0225. The number of hydrogen-bond donors (Lipinski definition) is 1. The van der Waals surface area contributed by atoms with E-state index in [2.05, 4.69) is 63.1 Å². The summed E-state index contributed by atoms with van der Waals surface area (Å²) in [5, 5.41) is 14.4. The number of carbonyl (C=O) groups excluding carboxylic acids is 6. The number of nitro groups is 1. The predicted molar refractivity (Wildman–Crippen MR) is 409 cm³/mol. The van der Waals surface area contributed by atoms with Gasteiger partial charge in [0.1, 0.15) is 0 Å². The van der Waals surface area contributed by atoms with Crippen molar-refractivity contribution in [1.82, 2.24) is 5.32 Å². The van der Waals surface area contributed by atoms with Gasteiger partial charge in [-0.15, -0.1) is 0 Å². The van der Waals surface area contributed by atoms with Crippen LogP contribution in [0.15, 0.2) is 140 Å². The Morgan fingerprint density at radius 1 is 0.431 bits per heavy atom. The number of carbonyl (C=O) groups is 6. The van der Waals surface area contributed by atoms with Crippen molar-refractivity contribution in [2.24, 2.45) is 35.5 Å². The summed E-state index contributed by atoms with van der Waals surface area (Å²) in [5.74, 6) is 1.21. The smallest absolute Gasteiger partial charge is 0.330 e. The van der Waals surface area contributed by atoms with Crippen molar-refractivity contribution < 1.29 is 47.9 Å². The van der Waals surface area contributed by atoms with Gasteiger partial charge in [-0.05, 0) is 216 Å². The molecule has 3 aliphatic heterocycles. The molecule has 11 rings (SSSR count). The van der Waals surface area contributed by atoms with Crippen LogP contribution < -0.4 is 34.7 Å². The first-order valence-corrected chi connectivity index (χ1v) is 37.3. The maximum atomic E-state index is 13.8. The summed E-state index contributed by atoms with van der Waals surface area (Å²) in [6, 6.07) is 39.1. The molecule has 19 heteroatoms. The number of nitrogens with one attached hydrogen (secondary N) is 1. The van der Waals surface area contributed by atoms with Crippen molar-refractivity contribution in [2.45, 2.75) is 135 Å². The molecule has 6 fully saturated rings. The number of nitro benzene ring substituents is 1. The van der Waals surface area contributed by atoms with E-state index in [0.717, 1.165) is 207 Å². The Labute approximate surface area is 604 Å². The third kappa shape index (κ3) is 23.2. The second-order valence-electron chi connectivity index (χ2n) is 28.4. The third-order valence-corrected chi connectivity index (χ3v) is 21.2. The molecule has 3 saturated carbocycles. The molecule has 0 spiro atoms. The average molecular weight is 1390 g/mol. The molecule has 546 valence electrons. The van der Waals surface area contributed by atoms with Crippen LogP contribution in [0.25, 0.3) is 18.2 Å². The van der Waals surface area contributed by atoms with Crippen molar-refractivity contribution in [2.75, 3.05) is 124 Å². The Balaban J connectivity index is 0.000000180. The Kier molecular flexibility index (Phi) is 30.2. The van der Waals surface area contributed by atoms with Crippen molar-refractivity contribution in [3.63, 3.8) is 0 Å². The number of rotatable bonds is 22. The minimum absolute atomic E-state index is 0.0585. The highest BCUT2D eigenvalue weighted by Gasteiger charge is 2.34. The number of piperidine rings is 3. The van der Waals surface area contributed by atoms with E-state index < -0.39 is 5.97 Å². The lowest BCUT2D eigenvalue weighted by Crippen LogP contribution is -2.43. The first kappa shape index (κ1) is 77.1. The molecule has 102 heavy (non-hydrogen) atoms. The van der Waals surface area contributed by atoms with Crippen LogP contribution in [0.1, 0.15) is 152 Å². The fraction of sp³-hybridized carbons (Fsp3) is 0.494. The summed E-state index contributed by atoms with van der Waals surface area (Å²) in [4.78, 5) is 98.9. The normalized spacial score (nSPS) is 17.6. The Morgan fingerprint density at radius 3 is 1.05 bits per heavy atom. The lowest BCUT2D eigenvalue weighted by atomic mass is 9.87. The van der Waals surface area contributed by atoms with Gasteiger partial charge in [-0.1, -0.05) is 94.2 Å². The van der Waals surface area contributed by atoms with Crippen LogP contribution in [0.4, 0.5) is 39.8 Å². The molecule has 0 bridgehead atoms. The number of benzene rings is 5. The van der Waals surface area contributed by atoms with Crippen molar-refractivity contribution in [1.29, 1.82) is 0 Å². The molecule has 5 aromatic carbocycles. The van der Waals surface area contributed by atoms with Crippen molar-refractivity contribution >= 4 is 93.7 Å². The van der Waals surface area contributed by atoms with Gasteiger partial charge in [0.15, 0.2) is 0 Å². The molecule has 3 amide bonds. The molecule has 0 radical (unpaired) electrons. The first-order chi connectivity index (χ1) is 49.5. The van der Waals surface area contributed by atoms with Crippen LogP contribution in [0.3, 0.4) is 0 Å². The minimum Gasteiger partial charge on any atom is -0.466 e. The monoisotopic (exact) mass is 1390 g/mol. The number of esters is 3. The third-order valence-electron chi connectivity index (χ3n) is 21.2. The average Bonchev–Trinajstić information content (AvgIpc) is 0.833. The fourth-order valence-corrected chi connectivity index (χ4v) is 15.1. The summed E-state index contributed by atoms with van der Waals surface area (Å²) in [7, 11) is 8.21. The zero-order valence-corrected chi connectivity index (χ0v) is 60.8. The Morgan fingerprint density at radius 2 is 0.745 bits per heavy atom. The molecule has 1 N–H and O–H groups in total. The van der Waals surface area contributed by atoms with Crippen molar-refractivity contribution in [3.05, 3.63) is 166 Å². The van der Waals surface area contributed by atoms with Gasteiger partial charge in [-0.25, -0.2) is 14.4 Å². The molecule has 3 saturated heterocycles. The number of anilines is 6. The van der Waals surface area contributed by atoms with E-state index in [1.807, 2.05) is 99.6 Å². The number of hydrogen-bond acceptors (Lipinski definition) is 15. The molecule has 0 unspecified atom stereocenters. The Hall–Kier alpha value is -9.10. The largest absolute Gasteiger partial charge is 0.466 e. The molecule has 3 aliphatic carbocycles. The van der Waals surface area contributed by atoms with Gasteiger partial charge in [-0.3, -0.25) is 24.5 Å². The summed E-state index contributed by atoms with van der Waals surface area (Å²) in [6.07, 6.45) is 31.9. The van der Waals surface area contributed by atoms with E-state index in [9.17, 15) is 38.9 Å². The maximum Gasteiger partial charge on any atom is 0.330 e. The van der Waals surface area contributed by atoms with Gasteiger partial charge in [-0.2, -0.15) is 0 Å². The maximum absolute atomic E-state index is 13.8. The SMILES string of the molecule is COC(=O)/C=C/c1cccc(N(CC2CCN(c3ccc(N(C)C)cc3)CC2)C(=O)C2CCCCC2)c1.COC(=O)/C=C/c1cccc(N(CC2CCN(c3ccc([N+](=O)[O-])cc3)CC2)C(=O)C2CCCCC2)c1.COC(=O)/C=C/c1cccc(N(CC2CCNCC2)C(=O)C2CCCCC2)c1. The zero-order valence-electron chi connectivity index (χ0n) is 60.8. The summed E-state index contributed by atoms with van der Waals surface area (Å²) >= 11 is 0. The highest BCUT2D eigenvalue weighted by Crippen LogP contribution is 2.36. The van der Waals surface area contributed by atoms with Crippen LogP contribution in [0, 0.1) is 45.6 Å². The van der Waals surface area contributed by atoms with Crippen LogP contribution in [-0.4, -0.2) is 135 Å². The highest BCUT2D eigenvalue weighted by molar-refractivity contribution is 5.98. The Bertz CT molecular complexity index is 3610. The number of nitrogens with zero attached hydrogens (tertiary/aromatic N) is 7. The summed E-state index contributed by atoms with van der Waals surface area (Å²) in [6.45, 7) is 7.92. The zero-order chi connectivity index (χ0) is 72.2. The van der Waals surface area contributed by atoms with Gasteiger partial charge in [0, 0.05) is 142 Å². The van der Waals surface area contributed by atoms with E-state index >= 15 is 0 Å².